The zero-order valence-corrected chi connectivity index (χ0v) is 17.5. The first-order chi connectivity index (χ1) is 10.2. The summed E-state index contributed by atoms with van der Waals surface area (Å²) in [6.45, 7) is 4.38. The third-order valence-electron chi connectivity index (χ3n) is 4.32. The molecule has 1 aromatic carbocycles. The quantitative estimate of drug-likeness (QED) is 0.357. The fourth-order valence-electron chi connectivity index (χ4n) is 2.68. The number of carbonyl (C=O) groups excluding carboxylic acids is 1. The Bertz CT molecular complexity index is 612. The molecule has 2 unspecified atom stereocenters. The molecule has 0 heterocycles. The Morgan fingerprint density at radius 2 is 2.18 bits per heavy atom. The molecular formula is C16H16BrCl2IO2. The lowest BCUT2D eigenvalue weighted by atomic mass is 9.55. The molecule has 0 aromatic heterocycles. The monoisotopic (exact) mass is 516 g/mol. The third kappa shape index (κ3) is 4.19. The molecule has 0 N–H and O–H groups in total. The van der Waals surface area contributed by atoms with Crippen molar-refractivity contribution < 1.29 is 9.53 Å². The maximum atomic E-state index is 12.3. The van der Waals surface area contributed by atoms with Crippen LogP contribution in [0.4, 0.5) is 0 Å². The van der Waals surface area contributed by atoms with E-state index in [1.807, 2.05) is 38.1 Å². The summed E-state index contributed by atoms with van der Waals surface area (Å²) in [5.41, 5.74) is 0.789. The van der Waals surface area contributed by atoms with Gasteiger partial charge in [0.25, 0.3) is 0 Å². The number of rotatable bonds is 4. The van der Waals surface area contributed by atoms with Gasteiger partial charge in [-0.3, -0.25) is 4.79 Å². The Hall–Kier alpha value is 0.220. The molecule has 120 valence electrons. The Kier molecular flexibility index (Phi) is 6.25. The van der Waals surface area contributed by atoms with Crippen LogP contribution >= 0.6 is 61.7 Å². The predicted molar refractivity (Wildman–Crippen MR) is 102 cm³/mol. The van der Waals surface area contributed by atoms with Gasteiger partial charge in [-0.2, -0.15) is 0 Å². The predicted octanol–water partition coefficient (Wildman–Crippen LogP) is 6.08. The average Bonchev–Trinajstić information content (AvgIpc) is 2.43. The normalized spacial score (nSPS) is 22.6. The van der Waals surface area contributed by atoms with Gasteiger partial charge in [0, 0.05) is 8.04 Å². The van der Waals surface area contributed by atoms with Crippen LogP contribution in [0.1, 0.15) is 25.8 Å². The van der Waals surface area contributed by atoms with Gasteiger partial charge in [-0.1, -0.05) is 49.2 Å². The van der Waals surface area contributed by atoms with Gasteiger partial charge in [0.05, 0.1) is 5.92 Å². The van der Waals surface area contributed by atoms with Gasteiger partial charge in [-0.15, -0.1) is 0 Å². The Labute approximate surface area is 162 Å². The van der Waals surface area contributed by atoms with Crippen LogP contribution in [0.15, 0.2) is 33.2 Å². The van der Waals surface area contributed by atoms with E-state index in [1.165, 1.54) is 0 Å². The standard InChI is InChI=1S/C16H16BrCl2IO2/c1-16(2)10(7-14(18)19)6-11(16)15(21)22-8-9-3-4-13(20)12(17)5-9/h3-5,7,10-11H,6,8H2,1-2H3. The van der Waals surface area contributed by atoms with Crippen molar-refractivity contribution in [3.05, 3.63) is 42.4 Å². The molecule has 22 heavy (non-hydrogen) atoms. The summed E-state index contributed by atoms with van der Waals surface area (Å²) in [4.78, 5) is 12.3. The summed E-state index contributed by atoms with van der Waals surface area (Å²) < 4.78 is 7.86. The van der Waals surface area contributed by atoms with E-state index in [4.69, 9.17) is 27.9 Å². The smallest absolute Gasteiger partial charge is 0.309 e. The van der Waals surface area contributed by atoms with E-state index in [0.29, 0.717) is 0 Å². The first-order valence-electron chi connectivity index (χ1n) is 6.85. The van der Waals surface area contributed by atoms with Gasteiger partial charge in [0.2, 0.25) is 0 Å². The van der Waals surface area contributed by atoms with E-state index >= 15 is 0 Å². The van der Waals surface area contributed by atoms with Crippen LogP contribution < -0.4 is 0 Å². The van der Waals surface area contributed by atoms with E-state index in [0.717, 1.165) is 20.0 Å². The Morgan fingerprint density at radius 3 is 2.73 bits per heavy atom. The average molecular weight is 518 g/mol. The molecule has 2 atom stereocenters. The van der Waals surface area contributed by atoms with Crippen LogP contribution in [0.3, 0.4) is 0 Å². The lowest BCUT2D eigenvalue weighted by Crippen LogP contribution is -2.48. The molecule has 0 radical (unpaired) electrons. The Morgan fingerprint density at radius 1 is 1.50 bits per heavy atom. The number of benzene rings is 1. The second kappa shape index (κ2) is 7.41. The fraction of sp³-hybridized carbons (Fsp3) is 0.438. The number of allylic oxidation sites excluding steroid dienone is 1. The van der Waals surface area contributed by atoms with Crippen molar-refractivity contribution in [2.24, 2.45) is 17.3 Å². The highest BCUT2D eigenvalue weighted by Gasteiger charge is 2.51. The van der Waals surface area contributed by atoms with E-state index in [9.17, 15) is 4.79 Å². The van der Waals surface area contributed by atoms with E-state index in [2.05, 4.69) is 38.5 Å². The van der Waals surface area contributed by atoms with Crippen LogP contribution in [-0.2, 0) is 16.1 Å². The van der Waals surface area contributed by atoms with Crippen molar-refractivity contribution >= 4 is 67.7 Å². The minimum Gasteiger partial charge on any atom is -0.461 e. The molecule has 0 saturated heterocycles. The summed E-state index contributed by atoms with van der Waals surface area (Å²) in [6, 6.07) is 5.93. The second-order valence-electron chi connectivity index (χ2n) is 6.03. The minimum atomic E-state index is -0.182. The van der Waals surface area contributed by atoms with Crippen molar-refractivity contribution in [1.82, 2.24) is 0 Å². The van der Waals surface area contributed by atoms with Crippen molar-refractivity contribution in [1.29, 1.82) is 0 Å². The van der Waals surface area contributed by atoms with E-state index in [1.54, 1.807) is 0 Å². The lowest BCUT2D eigenvalue weighted by Gasteiger charge is -2.49. The first kappa shape index (κ1) is 18.6. The summed E-state index contributed by atoms with van der Waals surface area (Å²) >= 11 is 17.1. The minimum absolute atomic E-state index is 0.117. The second-order valence-corrected chi connectivity index (χ2v) is 9.05. The molecule has 6 heteroatoms. The number of halogens is 4. The van der Waals surface area contributed by atoms with E-state index < -0.39 is 0 Å². The van der Waals surface area contributed by atoms with E-state index in [-0.39, 0.29) is 34.3 Å². The highest BCUT2D eigenvalue weighted by molar-refractivity contribution is 14.1. The zero-order chi connectivity index (χ0) is 16.5. The third-order valence-corrected chi connectivity index (χ3v) is 6.91. The molecule has 2 rings (SSSR count). The van der Waals surface area contributed by atoms with Gasteiger partial charge in [-0.05, 0) is 74.0 Å². The Balaban J connectivity index is 1.93. The molecule has 1 aromatic rings. The maximum Gasteiger partial charge on any atom is 0.309 e. The van der Waals surface area contributed by atoms with Gasteiger partial charge in [0.15, 0.2) is 0 Å². The van der Waals surface area contributed by atoms with Gasteiger partial charge < -0.3 is 4.74 Å². The maximum absolute atomic E-state index is 12.3. The highest BCUT2D eigenvalue weighted by atomic mass is 127. The summed E-state index contributed by atoms with van der Waals surface area (Å²) in [5.74, 6) is -0.0637. The van der Waals surface area contributed by atoms with Gasteiger partial charge in [0.1, 0.15) is 11.1 Å². The number of ether oxygens (including phenoxy) is 1. The topological polar surface area (TPSA) is 26.3 Å². The molecular weight excluding hydrogens is 502 g/mol. The van der Waals surface area contributed by atoms with Crippen molar-refractivity contribution in [3.63, 3.8) is 0 Å². The molecule has 0 spiro atoms. The number of hydrogen-bond acceptors (Lipinski definition) is 2. The molecule has 0 bridgehead atoms. The number of carbonyl (C=O) groups is 1. The van der Waals surface area contributed by atoms with Gasteiger partial charge >= 0.3 is 5.97 Å². The van der Waals surface area contributed by atoms with Crippen LogP contribution in [0, 0.1) is 20.8 Å². The largest absolute Gasteiger partial charge is 0.461 e. The first-order valence-corrected chi connectivity index (χ1v) is 9.48. The van der Waals surface area contributed by atoms with Gasteiger partial charge in [-0.25, -0.2) is 0 Å². The molecule has 1 aliphatic rings. The number of hydrogen-bond donors (Lipinski definition) is 0. The van der Waals surface area contributed by atoms with Crippen LogP contribution in [-0.4, -0.2) is 5.97 Å². The molecule has 1 saturated carbocycles. The van der Waals surface area contributed by atoms with Crippen molar-refractivity contribution in [2.75, 3.05) is 0 Å². The van der Waals surface area contributed by atoms with Crippen molar-refractivity contribution in [2.45, 2.75) is 26.9 Å². The SMILES string of the molecule is CC1(C)C(C=C(Cl)Cl)CC1C(=O)OCc1ccc(I)c(Br)c1. The molecule has 0 aliphatic heterocycles. The molecule has 2 nitrogen and oxygen atoms in total. The van der Waals surface area contributed by atoms with Crippen LogP contribution in [0.25, 0.3) is 0 Å². The molecule has 1 aliphatic carbocycles. The molecule has 1 fully saturated rings. The fourth-order valence-corrected chi connectivity index (χ4v) is 3.74. The summed E-state index contributed by atoms with van der Waals surface area (Å²) in [5, 5.41) is 0. The summed E-state index contributed by atoms with van der Waals surface area (Å²) in [6.07, 6.45) is 2.54. The molecule has 0 amide bonds. The lowest BCUT2D eigenvalue weighted by molar-refractivity contribution is -0.164. The van der Waals surface area contributed by atoms with Crippen molar-refractivity contribution in [3.8, 4) is 0 Å². The van der Waals surface area contributed by atoms with Crippen LogP contribution in [0.2, 0.25) is 0 Å². The van der Waals surface area contributed by atoms with Crippen LogP contribution in [0.5, 0.6) is 0 Å². The summed E-state index contributed by atoms with van der Waals surface area (Å²) in [7, 11) is 0. The number of esters is 1. The zero-order valence-electron chi connectivity index (χ0n) is 12.2. The highest BCUT2D eigenvalue weighted by Crippen LogP contribution is 2.53.